The summed E-state index contributed by atoms with van der Waals surface area (Å²) in [6.45, 7) is 0. The van der Waals surface area contributed by atoms with Gasteiger partial charge in [0.2, 0.25) is 0 Å². The van der Waals surface area contributed by atoms with Crippen molar-refractivity contribution in [2.75, 3.05) is 0 Å². The molecule has 0 aliphatic heterocycles. The third kappa shape index (κ3) is 31.6. The Morgan fingerprint density at radius 2 is 1.20 bits per heavy atom. The van der Waals surface area contributed by atoms with E-state index in [1.165, 1.54) is 0 Å². The van der Waals surface area contributed by atoms with Crippen molar-refractivity contribution < 1.29 is 15.5 Å². The average Bonchev–Trinajstić information content (AvgIpc) is 0.722. The van der Waals surface area contributed by atoms with Gasteiger partial charge in [0.1, 0.15) is 0 Å². The Morgan fingerprint density at radius 1 is 1.20 bits per heavy atom. The van der Waals surface area contributed by atoms with Crippen molar-refractivity contribution in [2.45, 2.75) is 0 Å². The van der Waals surface area contributed by atoms with Crippen molar-refractivity contribution in [3.05, 3.63) is 0 Å². The molecule has 0 spiro atoms. The Kier molecular flexibility index (Phi) is 2.46. The van der Waals surface area contributed by atoms with Gasteiger partial charge in [-0.1, -0.05) is 0 Å². The van der Waals surface area contributed by atoms with Gasteiger partial charge in [0.25, 0.3) is 0 Å². The Bertz CT molecular complexity index is 22.4. The van der Waals surface area contributed by atoms with E-state index < -0.39 is 11.5 Å². The van der Waals surface area contributed by atoms with Crippen molar-refractivity contribution >= 4 is 29.5 Å². The second-order valence-electron chi connectivity index (χ2n) is 0.418. The van der Waals surface area contributed by atoms with Crippen LogP contribution >= 0.6 is 29.5 Å². The zero-order valence-electron chi connectivity index (χ0n) is 2.03. The predicted molar refractivity (Wildman–Crippen MR) is 19.8 cm³/mol. The van der Waals surface area contributed by atoms with Gasteiger partial charge in [0.15, 0.2) is 0 Å². The third-order valence-corrected chi connectivity index (χ3v) is 0. The van der Waals surface area contributed by atoms with Crippen LogP contribution in [0.5, 0.6) is 0 Å². The topological polar surface area (TPSA) is 20.2 Å². The average molecular weight is 174 g/mol. The zero-order valence-corrected chi connectivity index (χ0v) is 5.69. The fourth-order valence-electron chi connectivity index (χ4n) is 0. The third-order valence-electron chi connectivity index (χ3n) is 0. The standard InChI is InChI=1S/3ClH.H2O.V/h3*1H;1H2;/q;;;;+4/p-4. The first-order valence-electron chi connectivity index (χ1n) is 0.707. The molecule has 0 aliphatic rings. The SMILES string of the molecule is [OH][V]([Cl])([Cl])[Cl]. The fraction of sp³-hybridized carbons (Fsp3) is 0. The molecule has 0 atom stereocenters. The van der Waals surface area contributed by atoms with Gasteiger partial charge in [0, 0.05) is 0 Å². The van der Waals surface area contributed by atoms with Crippen LogP contribution in [0.15, 0.2) is 0 Å². The monoisotopic (exact) mass is 173 g/mol. The number of hydrogen-bond donors (Lipinski definition) is 1. The second kappa shape index (κ2) is 1.92. The minimum absolute atomic E-state index is 3.46. The summed E-state index contributed by atoms with van der Waals surface area (Å²) < 4.78 is 7.99. The van der Waals surface area contributed by atoms with Crippen LogP contribution in [0.3, 0.4) is 0 Å². The summed E-state index contributed by atoms with van der Waals surface area (Å²) in [5.74, 6) is 0. The molecule has 0 radical (unpaired) electrons. The zero-order chi connectivity index (χ0) is 4.50. The van der Waals surface area contributed by atoms with Crippen LogP contribution in [0, 0.1) is 0 Å². The van der Waals surface area contributed by atoms with E-state index in [1.54, 1.807) is 0 Å². The molecule has 0 aromatic carbocycles. The van der Waals surface area contributed by atoms with Gasteiger partial charge >= 0.3 is 45.1 Å². The van der Waals surface area contributed by atoms with Crippen molar-refractivity contribution in [3.8, 4) is 0 Å². The van der Waals surface area contributed by atoms with E-state index in [2.05, 4.69) is 0 Å². The number of hydrogen-bond acceptors (Lipinski definition) is 1. The van der Waals surface area contributed by atoms with Crippen LogP contribution in [-0.4, -0.2) is 4.03 Å². The molecule has 5 heavy (non-hydrogen) atoms. The van der Waals surface area contributed by atoms with E-state index >= 15 is 0 Å². The maximum atomic E-state index is 7.99. The van der Waals surface area contributed by atoms with Crippen LogP contribution in [0.4, 0.5) is 0 Å². The van der Waals surface area contributed by atoms with Gasteiger partial charge in [-0.05, 0) is 0 Å². The second-order valence-corrected chi connectivity index (χ2v) is 9.92. The molecule has 1 N–H and O–H groups in total. The summed E-state index contributed by atoms with van der Waals surface area (Å²) in [6, 6.07) is 0. The fourth-order valence-corrected chi connectivity index (χ4v) is 0. The van der Waals surface area contributed by atoms with Gasteiger partial charge in [-0.3, -0.25) is 0 Å². The van der Waals surface area contributed by atoms with Crippen LogP contribution in [-0.2, 0) is 11.5 Å². The molecule has 0 bridgehead atoms. The van der Waals surface area contributed by atoms with Crippen LogP contribution in [0.25, 0.3) is 0 Å². The van der Waals surface area contributed by atoms with Crippen molar-refractivity contribution in [3.63, 3.8) is 0 Å². The van der Waals surface area contributed by atoms with E-state index in [0.717, 1.165) is 0 Å². The maximum absolute atomic E-state index is 7.99. The van der Waals surface area contributed by atoms with Crippen LogP contribution in [0.1, 0.15) is 0 Å². The van der Waals surface area contributed by atoms with Crippen molar-refractivity contribution in [1.29, 1.82) is 0 Å². The number of halogens is 3. The Balaban J connectivity index is 3.02. The summed E-state index contributed by atoms with van der Waals surface area (Å²) in [4.78, 5) is 0. The molecule has 0 aromatic heterocycles. The molecule has 0 rings (SSSR count). The van der Waals surface area contributed by atoms with Gasteiger partial charge in [-0.15, -0.1) is 0 Å². The predicted octanol–water partition coefficient (Wildman–Crippen LogP) is 1.51. The van der Waals surface area contributed by atoms with Crippen LogP contribution < -0.4 is 0 Å². The summed E-state index contributed by atoms with van der Waals surface area (Å²) in [7, 11) is 14.4. The molecule has 33 valence electrons. The van der Waals surface area contributed by atoms with E-state index in [-0.39, 0.29) is 0 Å². The summed E-state index contributed by atoms with van der Waals surface area (Å²) >= 11 is -3.46. The van der Waals surface area contributed by atoms with E-state index in [4.69, 9.17) is 33.6 Å². The molecule has 0 fully saturated rings. The first-order valence-corrected chi connectivity index (χ1v) is 7.10. The Morgan fingerprint density at radius 3 is 1.20 bits per heavy atom. The van der Waals surface area contributed by atoms with Crippen molar-refractivity contribution in [1.82, 2.24) is 0 Å². The van der Waals surface area contributed by atoms with Crippen LogP contribution in [0.2, 0.25) is 0 Å². The number of rotatable bonds is 0. The molecule has 5 heteroatoms. The van der Waals surface area contributed by atoms with Crippen molar-refractivity contribution in [2.24, 2.45) is 0 Å². The Labute approximate surface area is 45.1 Å². The molecular weight excluding hydrogens is 173 g/mol. The molecule has 0 saturated carbocycles. The summed E-state index contributed by atoms with van der Waals surface area (Å²) in [6.07, 6.45) is 0. The summed E-state index contributed by atoms with van der Waals surface area (Å²) in [5, 5.41) is 0. The molecule has 0 aliphatic carbocycles. The van der Waals surface area contributed by atoms with E-state index in [0.29, 0.717) is 0 Å². The molecule has 0 unspecified atom stereocenters. The summed E-state index contributed by atoms with van der Waals surface area (Å²) in [5.41, 5.74) is 0. The van der Waals surface area contributed by atoms with E-state index in [9.17, 15) is 0 Å². The van der Waals surface area contributed by atoms with E-state index in [1.807, 2.05) is 0 Å². The minimum atomic E-state index is -3.46. The van der Waals surface area contributed by atoms with Gasteiger partial charge in [0.05, 0.1) is 0 Å². The molecule has 0 amide bonds. The first-order chi connectivity index (χ1) is 2.00. The normalized spacial score (nSPS) is 12.0. The molecule has 0 heterocycles. The Hall–Kier alpha value is 1.41. The van der Waals surface area contributed by atoms with Gasteiger partial charge in [-0.2, -0.15) is 0 Å². The molecule has 0 saturated heterocycles. The first kappa shape index (κ1) is 6.41. The molecule has 0 aromatic rings. The molecular formula is HCl3OV. The quantitative estimate of drug-likeness (QED) is 0.590. The van der Waals surface area contributed by atoms with Gasteiger partial charge in [-0.25, -0.2) is 0 Å². The van der Waals surface area contributed by atoms with Gasteiger partial charge < -0.3 is 0 Å². The molecule has 1 nitrogen and oxygen atoms in total.